The molecule has 0 radical (unpaired) electrons. The maximum absolute atomic E-state index is 13.0. The molecule has 0 aromatic heterocycles. The highest BCUT2D eigenvalue weighted by Gasteiger charge is 2.42. The van der Waals surface area contributed by atoms with Gasteiger partial charge in [0.15, 0.2) is 11.5 Å². The highest BCUT2D eigenvalue weighted by Crippen LogP contribution is 2.40. The van der Waals surface area contributed by atoms with Crippen molar-refractivity contribution in [3.63, 3.8) is 0 Å². The molecule has 2 saturated heterocycles. The molecule has 0 bridgehead atoms. The minimum atomic E-state index is 0.268. The van der Waals surface area contributed by atoms with E-state index in [0.29, 0.717) is 12.3 Å². The van der Waals surface area contributed by atoms with Crippen LogP contribution in [0.2, 0.25) is 0 Å². The summed E-state index contributed by atoms with van der Waals surface area (Å²) in [5, 5.41) is 0. The Kier molecular flexibility index (Phi) is 6.33. The summed E-state index contributed by atoms with van der Waals surface area (Å²) in [4.78, 5) is 17.7. The van der Waals surface area contributed by atoms with Crippen LogP contribution in [0.15, 0.2) is 42.5 Å². The normalized spacial score (nSPS) is 22.5. The third kappa shape index (κ3) is 5.03. The Morgan fingerprint density at radius 1 is 0.970 bits per heavy atom. The molecular weight excluding hydrogens is 412 g/mol. The molecule has 0 aliphatic carbocycles. The van der Waals surface area contributed by atoms with Gasteiger partial charge in [-0.15, -0.1) is 0 Å². The minimum Gasteiger partial charge on any atom is -0.454 e. The molecule has 176 valence electrons. The third-order valence-corrected chi connectivity index (χ3v) is 7.65. The zero-order chi connectivity index (χ0) is 22.8. The molecule has 2 aromatic carbocycles. The number of aryl methyl sites for hydroxylation is 1. The molecule has 2 fully saturated rings. The number of likely N-dealkylation sites (tertiary alicyclic amines) is 2. The summed E-state index contributed by atoms with van der Waals surface area (Å²) in [7, 11) is 0. The van der Waals surface area contributed by atoms with E-state index in [1.165, 1.54) is 24.0 Å². The number of fused-ring (bicyclic) bond motifs is 1. The van der Waals surface area contributed by atoms with Gasteiger partial charge in [-0.25, -0.2) is 0 Å². The summed E-state index contributed by atoms with van der Waals surface area (Å²) >= 11 is 0. The van der Waals surface area contributed by atoms with Crippen molar-refractivity contribution in [1.82, 2.24) is 9.80 Å². The van der Waals surface area contributed by atoms with Gasteiger partial charge < -0.3 is 14.4 Å². The predicted octanol–water partition coefficient (Wildman–Crippen LogP) is 4.99. The average molecular weight is 449 g/mol. The lowest BCUT2D eigenvalue weighted by molar-refractivity contribution is -0.130. The van der Waals surface area contributed by atoms with E-state index in [1.807, 2.05) is 18.2 Å². The summed E-state index contributed by atoms with van der Waals surface area (Å²) in [6, 6.07) is 15.1. The number of nitrogens with zero attached hydrogens (tertiary/aromatic N) is 2. The lowest BCUT2D eigenvalue weighted by Gasteiger charge is -2.40. The Bertz CT molecular complexity index is 987. The molecule has 1 spiro atoms. The van der Waals surface area contributed by atoms with Gasteiger partial charge in [0.25, 0.3) is 0 Å². The second-order valence-electron chi connectivity index (χ2n) is 10.5. The molecule has 0 N–H and O–H groups in total. The van der Waals surface area contributed by atoms with Gasteiger partial charge in [-0.3, -0.25) is 9.69 Å². The molecule has 3 aliphatic heterocycles. The summed E-state index contributed by atoms with van der Waals surface area (Å²) in [5.41, 5.74) is 4.20. The van der Waals surface area contributed by atoms with Crippen LogP contribution in [0, 0.1) is 5.41 Å². The van der Waals surface area contributed by atoms with Crippen molar-refractivity contribution in [2.24, 2.45) is 5.41 Å². The lowest BCUT2D eigenvalue weighted by Crippen LogP contribution is -2.45. The highest BCUT2D eigenvalue weighted by molar-refractivity contribution is 5.77. The van der Waals surface area contributed by atoms with Gasteiger partial charge in [-0.05, 0) is 67.0 Å². The van der Waals surface area contributed by atoms with Gasteiger partial charge >= 0.3 is 0 Å². The molecule has 5 nitrogen and oxygen atoms in total. The molecule has 5 rings (SSSR count). The van der Waals surface area contributed by atoms with Crippen molar-refractivity contribution in [3.8, 4) is 11.5 Å². The monoisotopic (exact) mass is 448 g/mol. The van der Waals surface area contributed by atoms with E-state index in [-0.39, 0.29) is 18.1 Å². The minimum absolute atomic E-state index is 0.268. The van der Waals surface area contributed by atoms with Gasteiger partial charge in [0, 0.05) is 38.0 Å². The van der Waals surface area contributed by atoms with Crippen LogP contribution in [-0.4, -0.2) is 48.7 Å². The predicted molar refractivity (Wildman–Crippen MR) is 130 cm³/mol. The van der Waals surface area contributed by atoms with E-state index in [9.17, 15) is 4.79 Å². The van der Waals surface area contributed by atoms with E-state index in [0.717, 1.165) is 62.6 Å². The lowest BCUT2D eigenvalue weighted by atomic mass is 9.79. The number of hydrogen-bond donors (Lipinski definition) is 0. The fourth-order valence-corrected chi connectivity index (χ4v) is 5.70. The zero-order valence-electron chi connectivity index (χ0n) is 20.0. The van der Waals surface area contributed by atoms with Gasteiger partial charge in [-0.1, -0.05) is 44.2 Å². The Hall–Kier alpha value is -2.53. The van der Waals surface area contributed by atoms with Crippen molar-refractivity contribution < 1.29 is 14.3 Å². The number of amides is 1. The molecule has 1 unspecified atom stereocenters. The fraction of sp³-hybridized carbons (Fsp3) is 0.536. The number of ether oxygens (including phenoxy) is 2. The maximum atomic E-state index is 13.0. The van der Waals surface area contributed by atoms with E-state index in [1.54, 1.807) is 0 Å². The van der Waals surface area contributed by atoms with Crippen LogP contribution >= 0.6 is 0 Å². The number of hydrogen-bond acceptors (Lipinski definition) is 4. The first-order chi connectivity index (χ1) is 16.0. The SMILES string of the molecule is CC(C)c1ccc(CN2CCCC3(CCN(C(=O)CCc4ccc5c(c4)OCO5)C3)C2)cc1. The molecule has 5 heteroatoms. The van der Waals surface area contributed by atoms with Crippen molar-refractivity contribution in [3.05, 3.63) is 59.2 Å². The molecule has 33 heavy (non-hydrogen) atoms. The van der Waals surface area contributed by atoms with Crippen LogP contribution in [-0.2, 0) is 17.8 Å². The maximum Gasteiger partial charge on any atom is 0.231 e. The first kappa shape index (κ1) is 22.3. The smallest absolute Gasteiger partial charge is 0.231 e. The molecular formula is C28H36N2O3. The average Bonchev–Trinajstić information content (AvgIpc) is 3.45. The summed E-state index contributed by atoms with van der Waals surface area (Å²) in [6.07, 6.45) is 4.90. The van der Waals surface area contributed by atoms with Crippen LogP contribution in [0.3, 0.4) is 0 Å². The van der Waals surface area contributed by atoms with E-state index in [2.05, 4.69) is 47.9 Å². The zero-order valence-corrected chi connectivity index (χ0v) is 20.0. The first-order valence-corrected chi connectivity index (χ1v) is 12.5. The first-order valence-electron chi connectivity index (χ1n) is 12.5. The highest BCUT2D eigenvalue weighted by atomic mass is 16.7. The molecule has 2 aromatic rings. The number of benzene rings is 2. The summed E-state index contributed by atoms with van der Waals surface area (Å²) in [5.74, 6) is 2.45. The van der Waals surface area contributed by atoms with Crippen molar-refractivity contribution in [2.75, 3.05) is 33.0 Å². The second kappa shape index (κ2) is 9.38. The van der Waals surface area contributed by atoms with Gasteiger partial charge in [-0.2, -0.15) is 0 Å². The molecule has 3 aliphatic rings. The van der Waals surface area contributed by atoms with Crippen molar-refractivity contribution in [1.29, 1.82) is 0 Å². The molecule has 0 saturated carbocycles. The van der Waals surface area contributed by atoms with E-state index < -0.39 is 0 Å². The van der Waals surface area contributed by atoms with Crippen LogP contribution in [0.1, 0.15) is 62.1 Å². The number of rotatable bonds is 6. The van der Waals surface area contributed by atoms with Crippen molar-refractivity contribution >= 4 is 5.91 Å². The Morgan fingerprint density at radius 3 is 2.58 bits per heavy atom. The number of carbonyl (C=O) groups is 1. The Morgan fingerprint density at radius 2 is 1.76 bits per heavy atom. The van der Waals surface area contributed by atoms with Gasteiger partial charge in [0.2, 0.25) is 12.7 Å². The summed E-state index contributed by atoms with van der Waals surface area (Å²) in [6.45, 7) is 9.85. The third-order valence-electron chi connectivity index (χ3n) is 7.65. The summed E-state index contributed by atoms with van der Waals surface area (Å²) < 4.78 is 10.9. The van der Waals surface area contributed by atoms with Crippen molar-refractivity contribution in [2.45, 2.75) is 58.4 Å². The second-order valence-corrected chi connectivity index (χ2v) is 10.5. The van der Waals surface area contributed by atoms with Gasteiger partial charge in [0.1, 0.15) is 0 Å². The Balaban J connectivity index is 1.14. The quantitative estimate of drug-likeness (QED) is 0.625. The van der Waals surface area contributed by atoms with Gasteiger partial charge in [0.05, 0.1) is 0 Å². The largest absolute Gasteiger partial charge is 0.454 e. The number of carbonyl (C=O) groups excluding carboxylic acids is 1. The van der Waals surface area contributed by atoms with Crippen LogP contribution in [0.25, 0.3) is 0 Å². The molecule has 3 heterocycles. The number of piperidine rings is 1. The van der Waals surface area contributed by atoms with E-state index in [4.69, 9.17) is 9.47 Å². The Labute approximate surface area is 197 Å². The van der Waals surface area contributed by atoms with E-state index >= 15 is 0 Å². The molecule has 1 amide bonds. The standard InChI is InChI=1S/C28H36N2O3/c1-21(2)24-8-4-23(5-9-24)17-29-14-3-12-28(18-29)13-15-30(19-28)27(31)11-7-22-6-10-25-26(16-22)33-20-32-25/h4-6,8-10,16,21H,3,7,11-15,17-20H2,1-2H3. The van der Waals surface area contributed by atoms with Crippen LogP contribution < -0.4 is 9.47 Å². The topological polar surface area (TPSA) is 42.0 Å². The van der Waals surface area contributed by atoms with Crippen LogP contribution in [0.4, 0.5) is 0 Å². The fourth-order valence-electron chi connectivity index (χ4n) is 5.70. The van der Waals surface area contributed by atoms with Crippen LogP contribution in [0.5, 0.6) is 11.5 Å². The molecule has 1 atom stereocenters.